The molecule has 1 aliphatic rings. The quantitative estimate of drug-likeness (QED) is 0.754. The number of rotatable bonds is 4. The molecule has 8 nitrogen and oxygen atoms in total. The van der Waals surface area contributed by atoms with Gasteiger partial charge in [-0.25, -0.2) is 9.78 Å². The van der Waals surface area contributed by atoms with Gasteiger partial charge in [-0.05, 0) is 38.1 Å². The first-order chi connectivity index (χ1) is 11.8. The van der Waals surface area contributed by atoms with Crippen molar-refractivity contribution in [1.82, 2.24) is 14.9 Å². The number of aromatic nitrogens is 2. The molecule has 3 rings (SSSR count). The maximum Gasteiger partial charge on any atom is 0.324 e. The Morgan fingerprint density at radius 1 is 1.31 bits per heavy atom. The molecule has 142 valence electrons. The van der Waals surface area contributed by atoms with E-state index in [1.807, 2.05) is 0 Å². The van der Waals surface area contributed by atoms with Gasteiger partial charge in [0.05, 0.1) is 11.9 Å². The van der Waals surface area contributed by atoms with Crippen molar-refractivity contribution in [2.24, 2.45) is 5.73 Å². The highest BCUT2D eigenvalue weighted by molar-refractivity contribution is 7.86. The lowest BCUT2D eigenvalue weighted by atomic mass is 9.97. The summed E-state index contributed by atoms with van der Waals surface area (Å²) in [5, 5.41) is 3.27. The molecule has 1 aromatic carbocycles. The summed E-state index contributed by atoms with van der Waals surface area (Å²) in [6.45, 7) is 1.69. The summed E-state index contributed by atoms with van der Waals surface area (Å²) in [6.07, 6.45) is 4.22. The number of nitrogens with zero attached hydrogens (tertiary/aromatic N) is 2. The molecule has 1 fully saturated rings. The Morgan fingerprint density at radius 3 is 2.58 bits per heavy atom. The van der Waals surface area contributed by atoms with Crippen molar-refractivity contribution in [3.8, 4) is 17.0 Å². The van der Waals surface area contributed by atoms with E-state index in [0.717, 1.165) is 32.2 Å². The van der Waals surface area contributed by atoms with Gasteiger partial charge in [-0.1, -0.05) is 12.1 Å². The van der Waals surface area contributed by atoms with Crippen LogP contribution in [0.1, 0.15) is 24.6 Å². The number of benzene rings is 1. The molecule has 10 heteroatoms. The molecule has 0 radical (unpaired) electrons. The Hall–Kier alpha value is -2.10. The summed E-state index contributed by atoms with van der Waals surface area (Å²) >= 11 is 0. The molecule has 0 unspecified atom stereocenters. The van der Waals surface area contributed by atoms with Crippen LogP contribution in [0, 0.1) is 0 Å². The largest absolute Gasteiger partial charge is 0.382 e. The second-order valence-electron chi connectivity index (χ2n) is 6.00. The van der Waals surface area contributed by atoms with Gasteiger partial charge in [-0.2, -0.15) is 8.42 Å². The lowest BCUT2D eigenvalue weighted by Gasteiger charge is -2.22. The second-order valence-corrected chi connectivity index (χ2v) is 7.58. The van der Waals surface area contributed by atoms with Crippen LogP contribution in [-0.2, 0) is 10.1 Å². The second kappa shape index (κ2) is 8.07. The zero-order valence-corrected chi connectivity index (χ0v) is 15.8. The number of amides is 1. The van der Waals surface area contributed by atoms with E-state index < -0.39 is 16.1 Å². The Bertz CT molecular complexity index is 891. The third-order valence-corrected chi connectivity index (χ3v) is 4.56. The first kappa shape index (κ1) is 20.2. The highest BCUT2D eigenvalue weighted by Crippen LogP contribution is 2.33. The predicted octanol–water partition coefficient (Wildman–Crippen LogP) is 1.70. The number of piperidine rings is 1. The molecule has 1 aliphatic heterocycles. The number of nitrogens with one attached hydrogen (secondary N) is 1. The summed E-state index contributed by atoms with van der Waals surface area (Å²) in [4.78, 5) is 16.4. The van der Waals surface area contributed by atoms with Crippen molar-refractivity contribution in [3.63, 3.8) is 0 Å². The number of para-hydroxylation sites is 1. The fourth-order valence-electron chi connectivity index (χ4n) is 2.98. The van der Waals surface area contributed by atoms with Gasteiger partial charge in [0.1, 0.15) is 5.82 Å². The van der Waals surface area contributed by atoms with Gasteiger partial charge < -0.3 is 15.2 Å². The first-order valence-electron chi connectivity index (χ1n) is 7.94. The van der Waals surface area contributed by atoms with Crippen molar-refractivity contribution in [2.75, 3.05) is 19.3 Å². The Labute approximate surface area is 158 Å². The van der Waals surface area contributed by atoms with Crippen LogP contribution in [0.4, 0.5) is 4.79 Å². The van der Waals surface area contributed by atoms with E-state index in [1.54, 1.807) is 24.3 Å². The Balaban J connectivity index is 0.00000243. The van der Waals surface area contributed by atoms with E-state index in [1.165, 1.54) is 10.8 Å². The average molecular weight is 401 g/mol. The number of nitrogens with two attached hydrogens (primary N) is 1. The van der Waals surface area contributed by atoms with Crippen molar-refractivity contribution in [2.45, 2.75) is 18.8 Å². The van der Waals surface area contributed by atoms with E-state index in [2.05, 4.69) is 10.3 Å². The molecular weight excluding hydrogens is 380 g/mol. The van der Waals surface area contributed by atoms with Crippen molar-refractivity contribution in [3.05, 3.63) is 36.3 Å². The van der Waals surface area contributed by atoms with Crippen molar-refractivity contribution < 1.29 is 17.4 Å². The minimum absolute atomic E-state index is 0. The summed E-state index contributed by atoms with van der Waals surface area (Å²) in [5.41, 5.74) is 6.43. The van der Waals surface area contributed by atoms with Gasteiger partial charge in [0.2, 0.25) is 0 Å². The van der Waals surface area contributed by atoms with E-state index >= 15 is 0 Å². The number of carbonyl (C=O) groups is 1. The number of imidazole rings is 1. The summed E-state index contributed by atoms with van der Waals surface area (Å²) in [5.74, 6) is 0.875. The Kier molecular flexibility index (Phi) is 6.27. The minimum Gasteiger partial charge on any atom is -0.382 e. The average Bonchev–Trinajstić information content (AvgIpc) is 3.00. The van der Waals surface area contributed by atoms with Crippen LogP contribution >= 0.6 is 12.4 Å². The molecule has 1 saturated heterocycles. The highest BCUT2D eigenvalue weighted by Gasteiger charge is 2.24. The molecule has 0 atom stereocenters. The molecule has 0 aliphatic carbocycles. The molecule has 2 aromatic rings. The van der Waals surface area contributed by atoms with Crippen molar-refractivity contribution in [1.29, 1.82) is 0 Å². The molecule has 26 heavy (non-hydrogen) atoms. The van der Waals surface area contributed by atoms with Crippen LogP contribution in [0.5, 0.6) is 5.75 Å². The summed E-state index contributed by atoms with van der Waals surface area (Å²) in [6, 6.07) is 6.04. The Morgan fingerprint density at radius 2 is 1.96 bits per heavy atom. The maximum absolute atomic E-state index is 11.8. The zero-order valence-electron chi connectivity index (χ0n) is 14.2. The number of primary amides is 1. The van der Waals surface area contributed by atoms with Gasteiger partial charge >= 0.3 is 16.1 Å². The fraction of sp³-hybridized carbons (Fsp3) is 0.375. The van der Waals surface area contributed by atoms with Crippen LogP contribution in [0.15, 0.2) is 30.5 Å². The van der Waals surface area contributed by atoms with Crippen LogP contribution in [-0.4, -0.2) is 43.3 Å². The van der Waals surface area contributed by atoms with Crippen LogP contribution in [0.2, 0.25) is 0 Å². The maximum atomic E-state index is 11.8. The smallest absolute Gasteiger partial charge is 0.324 e. The summed E-state index contributed by atoms with van der Waals surface area (Å²) in [7, 11) is -3.68. The van der Waals surface area contributed by atoms with Gasteiger partial charge in [-0.15, -0.1) is 12.4 Å². The normalized spacial score (nSPS) is 15.3. The van der Waals surface area contributed by atoms with Gasteiger partial charge in [0.25, 0.3) is 0 Å². The SMILES string of the molecule is CS(=O)(=O)Oc1ccccc1-c1cn(C(N)=O)c(C2CCNCC2)n1.Cl. The molecule has 0 bridgehead atoms. The standard InChI is InChI=1S/C16H20N4O4S.ClH/c1-25(22,23)24-14-5-3-2-4-12(14)13-10-20(16(17)21)15(19-13)11-6-8-18-9-7-11;/h2-5,10-11,18H,6-9H2,1H3,(H2,17,21);1H. The highest BCUT2D eigenvalue weighted by atomic mass is 35.5. The van der Waals surface area contributed by atoms with Gasteiger partial charge in [0.15, 0.2) is 5.75 Å². The van der Waals surface area contributed by atoms with E-state index in [4.69, 9.17) is 9.92 Å². The topological polar surface area (TPSA) is 116 Å². The van der Waals surface area contributed by atoms with Crippen LogP contribution in [0.25, 0.3) is 11.3 Å². The van der Waals surface area contributed by atoms with Gasteiger partial charge in [0, 0.05) is 17.7 Å². The zero-order chi connectivity index (χ0) is 18.0. The lowest BCUT2D eigenvalue weighted by molar-refractivity contribution is 0.248. The molecule has 1 aromatic heterocycles. The van der Waals surface area contributed by atoms with Crippen molar-refractivity contribution >= 4 is 28.6 Å². The van der Waals surface area contributed by atoms with E-state index in [9.17, 15) is 13.2 Å². The minimum atomic E-state index is -3.68. The van der Waals surface area contributed by atoms with E-state index in [-0.39, 0.29) is 24.1 Å². The monoisotopic (exact) mass is 400 g/mol. The predicted molar refractivity (Wildman–Crippen MR) is 100 cm³/mol. The number of carbonyl (C=O) groups excluding carboxylic acids is 1. The number of hydrogen-bond donors (Lipinski definition) is 2. The van der Waals surface area contributed by atoms with Crippen LogP contribution < -0.4 is 15.2 Å². The van der Waals surface area contributed by atoms with Gasteiger partial charge in [-0.3, -0.25) is 4.57 Å². The molecule has 2 heterocycles. The number of halogens is 1. The first-order valence-corrected chi connectivity index (χ1v) is 9.75. The molecule has 1 amide bonds. The third-order valence-electron chi connectivity index (χ3n) is 4.08. The third kappa shape index (κ3) is 4.54. The fourth-order valence-corrected chi connectivity index (χ4v) is 3.45. The molecular formula is C16H21ClN4O4S. The number of hydrogen-bond acceptors (Lipinski definition) is 6. The molecule has 3 N–H and O–H groups in total. The van der Waals surface area contributed by atoms with E-state index in [0.29, 0.717) is 17.1 Å². The van der Waals surface area contributed by atoms with Crippen LogP contribution in [0.3, 0.4) is 0 Å². The molecule has 0 saturated carbocycles. The molecule has 0 spiro atoms. The summed E-state index contributed by atoms with van der Waals surface area (Å²) < 4.78 is 29.3. The lowest BCUT2D eigenvalue weighted by Crippen LogP contribution is -2.30.